The predicted octanol–water partition coefficient (Wildman–Crippen LogP) is 4.24. The minimum absolute atomic E-state index is 0.109. The first-order valence-corrected chi connectivity index (χ1v) is 7.95. The summed E-state index contributed by atoms with van der Waals surface area (Å²) in [4.78, 5) is 8.82. The van der Waals surface area contributed by atoms with E-state index in [2.05, 4.69) is 36.1 Å². The van der Waals surface area contributed by atoms with Crippen molar-refractivity contribution in [2.24, 2.45) is 0 Å². The zero-order valence-corrected chi connectivity index (χ0v) is 13.6. The number of halogens is 1. The SMILES string of the molecule is CC(C)(C)NCc1cnc(CSc2ccccc2Cl)[nH]1. The van der Waals surface area contributed by atoms with Gasteiger partial charge in [0, 0.05) is 28.9 Å². The average Bonchev–Trinajstić information content (AvgIpc) is 2.83. The largest absolute Gasteiger partial charge is 0.344 e. The van der Waals surface area contributed by atoms with Crippen molar-refractivity contribution in [2.75, 3.05) is 0 Å². The summed E-state index contributed by atoms with van der Waals surface area (Å²) in [6, 6.07) is 7.87. The fraction of sp³-hybridized carbons (Fsp3) is 0.400. The number of hydrogen-bond donors (Lipinski definition) is 2. The molecule has 0 unspecified atom stereocenters. The number of benzene rings is 1. The van der Waals surface area contributed by atoms with E-state index < -0.39 is 0 Å². The topological polar surface area (TPSA) is 40.7 Å². The maximum atomic E-state index is 6.13. The van der Waals surface area contributed by atoms with Crippen molar-refractivity contribution < 1.29 is 0 Å². The van der Waals surface area contributed by atoms with Crippen LogP contribution < -0.4 is 5.32 Å². The van der Waals surface area contributed by atoms with Gasteiger partial charge in [0.15, 0.2) is 0 Å². The second kappa shape index (κ2) is 6.66. The van der Waals surface area contributed by atoms with E-state index in [-0.39, 0.29) is 5.54 Å². The van der Waals surface area contributed by atoms with Crippen LogP contribution in [-0.4, -0.2) is 15.5 Å². The Bertz CT molecular complexity index is 560. The summed E-state index contributed by atoms with van der Waals surface area (Å²) in [5.41, 5.74) is 1.21. The molecule has 0 fully saturated rings. The van der Waals surface area contributed by atoms with E-state index in [4.69, 9.17) is 11.6 Å². The lowest BCUT2D eigenvalue weighted by Crippen LogP contribution is -2.35. The van der Waals surface area contributed by atoms with Crippen LogP contribution in [0.4, 0.5) is 0 Å². The number of nitrogens with zero attached hydrogens (tertiary/aromatic N) is 1. The molecule has 0 aliphatic carbocycles. The number of rotatable bonds is 5. The Kier molecular flexibility index (Phi) is 5.13. The van der Waals surface area contributed by atoms with Gasteiger partial charge in [-0.3, -0.25) is 0 Å². The van der Waals surface area contributed by atoms with E-state index in [1.165, 1.54) is 0 Å². The third kappa shape index (κ3) is 4.85. The molecule has 0 saturated heterocycles. The third-order valence-electron chi connectivity index (χ3n) is 2.69. The Labute approximate surface area is 129 Å². The van der Waals surface area contributed by atoms with Gasteiger partial charge in [0.2, 0.25) is 0 Å². The minimum atomic E-state index is 0.109. The van der Waals surface area contributed by atoms with Crippen LogP contribution in [0, 0.1) is 0 Å². The quantitative estimate of drug-likeness (QED) is 0.811. The zero-order chi connectivity index (χ0) is 14.6. The average molecular weight is 310 g/mol. The Morgan fingerprint density at radius 1 is 1.30 bits per heavy atom. The van der Waals surface area contributed by atoms with Gasteiger partial charge in [0.1, 0.15) is 5.82 Å². The first-order chi connectivity index (χ1) is 9.44. The van der Waals surface area contributed by atoms with Gasteiger partial charge in [-0.25, -0.2) is 4.98 Å². The summed E-state index contributed by atoms with van der Waals surface area (Å²) in [7, 11) is 0. The van der Waals surface area contributed by atoms with Gasteiger partial charge < -0.3 is 10.3 Å². The van der Waals surface area contributed by atoms with Crippen LogP contribution in [0.2, 0.25) is 5.02 Å². The molecule has 2 rings (SSSR count). The number of imidazole rings is 1. The van der Waals surface area contributed by atoms with E-state index in [0.717, 1.165) is 33.7 Å². The molecule has 1 heterocycles. The van der Waals surface area contributed by atoms with Crippen molar-refractivity contribution in [3.8, 4) is 0 Å². The summed E-state index contributed by atoms with van der Waals surface area (Å²) in [5.74, 6) is 1.76. The second-order valence-electron chi connectivity index (χ2n) is 5.68. The van der Waals surface area contributed by atoms with Crippen LogP contribution in [0.25, 0.3) is 0 Å². The molecule has 2 aromatic rings. The highest BCUT2D eigenvalue weighted by Crippen LogP contribution is 2.28. The summed E-state index contributed by atoms with van der Waals surface area (Å²) < 4.78 is 0. The van der Waals surface area contributed by atoms with E-state index in [1.807, 2.05) is 30.5 Å². The Morgan fingerprint density at radius 3 is 2.75 bits per heavy atom. The van der Waals surface area contributed by atoms with E-state index in [1.54, 1.807) is 11.8 Å². The maximum Gasteiger partial charge on any atom is 0.116 e. The molecule has 0 radical (unpaired) electrons. The highest BCUT2D eigenvalue weighted by molar-refractivity contribution is 7.98. The fourth-order valence-electron chi connectivity index (χ4n) is 1.64. The van der Waals surface area contributed by atoms with Gasteiger partial charge in [-0.05, 0) is 32.9 Å². The Morgan fingerprint density at radius 2 is 2.05 bits per heavy atom. The molecule has 20 heavy (non-hydrogen) atoms. The molecule has 1 aromatic heterocycles. The van der Waals surface area contributed by atoms with Crippen LogP contribution in [0.5, 0.6) is 0 Å². The molecule has 0 aliphatic heterocycles. The number of aromatic amines is 1. The molecular formula is C15H20ClN3S. The molecule has 0 bridgehead atoms. The van der Waals surface area contributed by atoms with Crippen molar-refractivity contribution in [1.29, 1.82) is 0 Å². The Hall–Kier alpha value is -0.970. The van der Waals surface area contributed by atoms with E-state index >= 15 is 0 Å². The van der Waals surface area contributed by atoms with Gasteiger partial charge >= 0.3 is 0 Å². The second-order valence-corrected chi connectivity index (χ2v) is 7.10. The van der Waals surface area contributed by atoms with E-state index in [9.17, 15) is 0 Å². The molecule has 1 aromatic carbocycles. The highest BCUT2D eigenvalue weighted by atomic mass is 35.5. The summed E-state index contributed by atoms with van der Waals surface area (Å²) in [6.45, 7) is 7.25. The van der Waals surface area contributed by atoms with Crippen molar-refractivity contribution in [3.05, 3.63) is 47.0 Å². The number of thioether (sulfide) groups is 1. The molecule has 0 atom stereocenters. The van der Waals surface area contributed by atoms with Crippen molar-refractivity contribution in [2.45, 2.75) is 43.5 Å². The van der Waals surface area contributed by atoms with Crippen LogP contribution in [0.15, 0.2) is 35.4 Å². The minimum Gasteiger partial charge on any atom is -0.344 e. The zero-order valence-electron chi connectivity index (χ0n) is 12.0. The van der Waals surface area contributed by atoms with Crippen LogP contribution in [-0.2, 0) is 12.3 Å². The smallest absolute Gasteiger partial charge is 0.116 e. The standard InChI is InChI=1S/C15H20ClN3S/c1-15(2,3)18-9-11-8-17-14(19-11)10-20-13-7-5-4-6-12(13)16/h4-8,18H,9-10H2,1-3H3,(H,17,19). The van der Waals surface area contributed by atoms with Crippen molar-refractivity contribution in [1.82, 2.24) is 15.3 Å². The lowest BCUT2D eigenvalue weighted by molar-refractivity contribution is 0.421. The summed E-state index contributed by atoms with van der Waals surface area (Å²) >= 11 is 7.83. The predicted molar refractivity (Wildman–Crippen MR) is 86.2 cm³/mol. The molecule has 0 aliphatic rings. The maximum absolute atomic E-state index is 6.13. The normalized spacial score (nSPS) is 11.8. The first kappa shape index (κ1) is 15.4. The number of nitrogens with one attached hydrogen (secondary N) is 2. The first-order valence-electron chi connectivity index (χ1n) is 6.59. The van der Waals surface area contributed by atoms with Crippen LogP contribution >= 0.6 is 23.4 Å². The van der Waals surface area contributed by atoms with Gasteiger partial charge in [-0.1, -0.05) is 23.7 Å². The Balaban J connectivity index is 1.89. The van der Waals surface area contributed by atoms with Crippen LogP contribution in [0.3, 0.4) is 0 Å². The third-order valence-corrected chi connectivity index (χ3v) is 4.22. The van der Waals surface area contributed by atoms with Gasteiger partial charge in [0.25, 0.3) is 0 Å². The van der Waals surface area contributed by atoms with Gasteiger partial charge in [-0.15, -0.1) is 11.8 Å². The monoisotopic (exact) mass is 309 g/mol. The van der Waals surface area contributed by atoms with E-state index in [0.29, 0.717) is 0 Å². The molecular weight excluding hydrogens is 290 g/mol. The van der Waals surface area contributed by atoms with Gasteiger partial charge in [-0.2, -0.15) is 0 Å². The molecule has 5 heteroatoms. The number of aromatic nitrogens is 2. The molecule has 3 nitrogen and oxygen atoms in total. The van der Waals surface area contributed by atoms with Crippen LogP contribution in [0.1, 0.15) is 32.3 Å². The number of hydrogen-bond acceptors (Lipinski definition) is 3. The lowest BCUT2D eigenvalue weighted by Gasteiger charge is -2.19. The molecule has 0 amide bonds. The molecule has 2 N–H and O–H groups in total. The highest BCUT2D eigenvalue weighted by Gasteiger charge is 2.10. The van der Waals surface area contributed by atoms with Gasteiger partial charge in [0.05, 0.1) is 10.8 Å². The molecule has 0 spiro atoms. The lowest BCUT2D eigenvalue weighted by atomic mass is 10.1. The van der Waals surface area contributed by atoms with Crippen molar-refractivity contribution >= 4 is 23.4 Å². The summed E-state index contributed by atoms with van der Waals surface area (Å²) in [5, 5.41) is 4.23. The molecule has 108 valence electrons. The number of H-pyrrole nitrogens is 1. The molecule has 0 saturated carbocycles. The summed E-state index contributed by atoms with van der Waals surface area (Å²) in [6.07, 6.45) is 1.89. The fourth-order valence-corrected chi connectivity index (χ4v) is 2.76. The van der Waals surface area contributed by atoms with Crippen molar-refractivity contribution in [3.63, 3.8) is 0 Å².